The lowest BCUT2D eigenvalue weighted by molar-refractivity contribution is 0.614. The fourth-order valence-electron chi connectivity index (χ4n) is 1.95. The highest BCUT2D eigenvalue weighted by atomic mass is 35.5. The highest BCUT2D eigenvalue weighted by Crippen LogP contribution is 2.21. The largest absolute Gasteiger partial charge is 0.261 e. The van der Waals surface area contributed by atoms with Gasteiger partial charge in [0.25, 0.3) is 0 Å². The summed E-state index contributed by atoms with van der Waals surface area (Å²) in [5.41, 5.74) is 2.68. The molecular weight excluding hydrogens is 261 g/mol. The van der Waals surface area contributed by atoms with Gasteiger partial charge in [-0.25, -0.2) is 4.39 Å². The Balaban J connectivity index is 2.18. The van der Waals surface area contributed by atoms with E-state index < -0.39 is 0 Å². The monoisotopic (exact) mass is 277 g/mol. The van der Waals surface area contributed by atoms with Crippen LogP contribution in [0.25, 0.3) is 0 Å². The highest BCUT2D eigenvalue weighted by molar-refractivity contribution is 6.30. The molecule has 0 saturated heterocycles. The van der Waals surface area contributed by atoms with Crippen molar-refractivity contribution in [2.24, 2.45) is 0 Å². The smallest absolute Gasteiger partial charge is 0.145 e. The number of benzene rings is 1. The zero-order chi connectivity index (χ0) is 13.8. The maximum absolute atomic E-state index is 13.8. The van der Waals surface area contributed by atoms with Gasteiger partial charge in [-0.2, -0.15) is 0 Å². The lowest BCUT2D eigenvalue weighted by atomic mass is 10.0. The van der Waals surface area contributed by atoms with Crippen LogP contribution in [0.3, 0.4) is 0 Å². The summed E-state index contributed by atoms with van der Waals surface area (Å²) in [6, 6.07) is 9.11. The quantitative estimate of drug-likeness (QED) is 0.768. The van der Waals surface area contributed by atoms with Crippen LogP contribution < -0.4 is 0 Å². The van der Waals surface area contributed by atoms with Crippen molar-refractivity contribution in [3.05, 3.63) is 64.2 Å². The van der Waals surface area contributed by atoms with Gasteiger partial charge in [0, 0.05) is 18.3 Å². The maximum atomic E-state index is 13.8. The SMILES string of the molecule is CCC(C)c1ccc(Cc2cccc(Cl)c2F)cn1. The fourth-order valence-corrected chi connectivity index (χ4v) is 2.14. The van der Waals surface area contributed by atoms with E-state index in [0.29, 0.717) is 17.9 Å². The Morgan fingerprint density at radius 3 is 2.68 bits per heavy atom. The van der Waals surface area contributed by atoms with Crippen LogP contribution >= 0.6 is 11.6 Å². The molecule has 0 bridgehead atoms. The maximum Gasteiger partial charge on any atom is 0.145 e. The summed E-state index contributed by atoms with van der Waals surface area (Å²) in [5, 5.41) is 0.168. The van der Waals surface area contributed by atoms with Crippen LogP contribution in [-0.4, -0.2) is 4.98 Å². The Hall–Kier alpha value is -1.41. The summed E-state index contributed by atoms with van der Waals surface area (Å²) >= 11 is 5.78. The van der Waals surface area contributed by atoms with Crippen molar-refractivity contribution in [3.8, 4) is 0 Å². The fraction of sp³-hybridized carbons (Fsp3) is 0.312. The van der Waals surface area contributed by atoms with E-state index in [1.54, 1.807) is 18.2 Å². The van der Waals surface area contributed by atoms with Gasteiger partial charge in [-0.15, -0.1) is 0 Å². The Morgan fingerprint density at radius 1 is 1.26 bits per heavy atom. The van der Waals surface area contributed by atoms with Crippen LogP contribution in [0.4, 0.5) is 4.39 Å². The molecule has 19 heavy (non-hydrogen) atoms. The summed E-state index contributed by atoms with van der Waals surface area (Å²) in [6.07, 6.45) is 3.40. The Bertz CT molecular complexity index is 551. The molecule has 1 heterocycles. The molecule has 1 unspecified atom stereocenters. The average Bonchev–Trinajstić information content (AvgIpc) is 2.44. The first-order valence-corrected chi connectivity index (χ1v) is 6.87. The summed E-state index contributed by atoms with van der Waals surface area (Å²) in [6.45, 7) is 4.29. The predicted molar refractivity (Wildman–Crippen MR) is 77.2 cm³/mol. The van der Waals surface area contributed by atoms with Crippen molar-refractivity contribution in [2.75, 3.05) is 0 Å². The molecule has 0 aliphatic rings. The van der Waals surface area contributed by atoms with Crippen LogP contribution in [-0.2, 0) is 6.42 Å². The third-order valence-corrected chi connectivity index (χ3v) is 3.68. The number of rotatable bonds is 4. The van der Waals surface area contributed by atoms with Gasteiger partial charge in [-0.05, 0) is 35.6 Å². The molecule has 2 aromatic rings. The van der Waals surface area contributed by atoms with E-state index in [-0.39, 0.29) is 10.8 Å². The molecule has 0 radical (unpaired) electrons. The molecule has 100 valence electrons. The van der Waals surface area contributed by atoms with Gasteiger partial charge >= 0.3 is 0 Å². The van der Waals surface area contributed by atoms with Crippen LogP contribution in [0, 0.1) is 5.82 Å². The van der Waals surface area contributed by atoms with Crippen molar-refractivity contribution < 1.29 is 4.39 Å². The molecule has 1 aromatic heterocycles. The minimum absolute atomic E-state index is 0.168. The number of aromatic nitrogens is 1. The number of nitrogens with zero attached hydrogens (tertiary/aromatic N) is 1. The van der Waals surface area contributed by atoms with Gasteiger partial charge in [0.05, 0.1) is 5.02 Å². The van der Waals surface area contributed by atoms with Gasteiger partial charge in [-0.1, -0.05) is 43.6 Å². The second kappa shape index (κ2) is 6.16. The molecular formula is C16H17ClFN. The molecule has 0 aliphatic carbocycles. The normalized spacial score (nSPS) is 12.4. The molecule has 2 rings (SSSR count). The Morgan fingerprint density at radius 2 is 2.05 bits per heavy atom. The summed E-state index contributed by atoms with van der Waals surface area (Å²) < 4.78 is 13.8. The molecule has 1 atom stereocenters. The van der Waals surface area contributed by atoms with E-state index in [0.717, 1.165) is 17.7 Å². The van der Waals surface area contributed by atoms with Crippen molar-refractivity contribution in [1.82, 2.24) is 4.98 Å². The molecule has 3 heteroatoms. The molecule has 1 nitrogen and oxygen atoms in total. The van der Waals surface area contributed by atoms with Crippen LogP contribution in [0.2, 0.25) is 5.02 Å². The van der Waals surface area contributed by atoms with E-state index in [9.17, 15) is 4.39 Å². The lowest BCUT2D eigenvalue weighted by Gasteiger charge is -2.09. The zero-order valence-corrected chi connectivity index (χ0v) is 11.9. The molecule has 0 saturated carbocycles. The van der Waals surface area contributed by atoms with Gasteiger partial charge in [-0.3, -0.25) is 4.98 Å². The van der Waals surface area contributed by atoms with Gasteiger partial charge in [0.15, 0.2) is 0 Å². The van der Waals surface area contributed by atoms with Crippen LogP contribution in [0.5, 0.6) is 0 Å². The third-order valence-electron chi connectivity index (χ3n) is 3.39. The standard InChI is InChI=1S/C16H17ClFN/c1-3-11(2)15-8-7-12(10-19-15)9-13-5-4-6-14(17)16(13)18/h4-8,10-11H,3,9H2,1-2H3. The van der Waals surface area contributed by atoms with E-state index in [4.69, 9.17) is 11.6 Å². The van der Waals surface area contributed by atoms with E-state index in [2.05, 4.69) is 18.8 Å². The zero-order valence-electron chi connectivity index (χ0n) is 11.2. The van der Waals surface area contributed by atoms with Crippen molar-refractivity contribution in [2.45, 2.75) is 32.6 Å². The molecule has 0 fully saturated rings. The van der Waals surface area contributed by atoms with Crippen molar-refractivity contribution >= 4 is 11.6 Å². The first-order valence-electron chi connectivity index (χ1n) is 6.49. The van der Waals surface area contributed by atoms with Crippen molar-refractivity contribution in [3.63, 3.8) is 0 Å². The minimum Gasteiger partial charge on any atom is -0.261 e. The van der Waals surface area contributed by atoms with Gasteiger partial charge in [0.2, 0.25) is 0 Å². The number of hydrogen-bond donors (Lipinski definition) is 0. The third kappa shape index (κ3) is 3.32. The topological polar surface area (TPSA) is 12.9 Å². The molecule has 0 N–H and O–H groups in total. The van der Waals surface area contributed by atoms with Gasteiger partial charge in [0.1, 0.15) is 5.82 Å². The summed E-state index contributed by atoms with van der Waals surface area (Å²) in [5.74, 6) is 0.118. The first kappa shape index (κ1) is 14.0. The minimum atomic E-state index is -0.338. The van der Waals surface area contributed by atoms with E-state index in [1.807, 2.05) is 18.3 Å². The molecule has 0 spiro atoms. The number of pyridine rings is 1. The first-order chi connectivity index (χ1) is 9.11. The lowest BCUT2D eigenvalue weighted by Crippen LogP contribution is -1.98. The van der Waals surface area contributed by atoms with Crippen LogP contribution in [0.15, 0.2) is 36.5 Å². The summed E-state index contributed by atoms with van der Waals surface area (Å²) in [7, 11) is 0. The van der Waals surface area contributed by atoms with Gasteiger partial charge < -0.3 is 0 Å². The number of hydrogen-bond acceptors (Lipinski definition) is 1. The predicted octanol–water partition coefficient (Wildman–Crippen LogP) is 4.98. The Kier molecular flexibility index (Phi) is 4.54. The van der Waals surface area contributed by atoms with Crippen molar-refractivity contribution in [1.29, 1.82) is 0 Å². The second-order valence-electron chi connectivity index (χ2n) is 4.79. The average molecular weight is 278 g/mol. The summed E-state index contributed by atoms with van der Waals surface area (Å²) in [4.78, 5) is 4.44. The van der Waals surface area contributed by atoms with Crippen LogP contribution in [0.1, 0.15) is 43.0 Å². The molecule has 0 aliphatic heterocycles. The second-order valence-corrected chi connectivity index (χ2v) is 5.20. The van der Waals surface area contributed by atoms with E-state index in [1.165, 1.54) is 0 Å². The molecule has 1 aromatic carbocycles. The number of halogens is 2. The highest BCUT2D eigenvalue weighted by Gasteiger charge is 2.08. The molecule has 0 amide bonds. The Labute approximate surface area is 118 Å². The van der Waals surface area contributed by atoms with E-state index >= 15 is 0 Å².